The van der Waals surface area contributed by atoms with Crippen LogP contribution in [0.4, 0.5) is 11.5 Å². The number of anilines is 2. The zero-order valence-corrected chi connectivity index (χ0v) is 38.0. The zero-order chi connectivity index (χ0) is 46.0. The number of phenolic OH excluding ortho intramolecular Hbond substituents is 4. The maximum atomic E-state index is 16.0. The van der Waals surface area contributed by atoms with Gasteiger partial charge in [-0.2, -0.15) is 11.9 Å². The number of phenols is 4. The van der Waals surface area contributed by atoms with Gasteiger partial charge in [0.05, 0.1) is 25.2 Å². The van der Waals surface area contributed by atoms with Gasteiger partial charge in [0.2, 0.25) is 5.75 Å². The fourth-order valence-corrected chi connectivity index (χ4v) is 11.5. The minimum absolute atomic E-state index is 0.0443. The highest BCUT2D eigenvalue weighted by atomic mass is 16.5. The summed E-state index contributed by atoms with van der Waals surface area (Å²) in [6, 6.07) is 24.3. The molecule has 0 radical (unpaired) electrons. The second kappa shape index (κ2) is 19.3. The molecule has 1 aliphatic carbocycles. The van der Waals surface area contributed by atoms with Gasteiger partial charge >= 0.3 is 0 Å². The molecule has 3 aliphatic rings. The van der Waals surface area contributed by atoms with Crippen LogP contribution in [0.15, 0.2) is 91.3 Å². The lowest BCUT2D eigenvalue weighted by Gasteiger charge is -2.45. The van der Waals surface area contributed by atoms with Crippen LogP contribution in [0.3, 0.4) is 0 Å². The SMILES string of the molecule is CC(C)CCCOc1cc(C2CCc3c(ccc4cc(O)ccc34)Nc3cc(ccn3)C3(CCCC3Cc3ccc[n-]3)C(C(O)CCc3ccc(O)c4c3CCCO4)C(=O)C2)cc(O)c1O. The van der Waals surface area contributed by atoms with Crippen molar-refractivity contribution in [3.8, 4) is 34.5 Å². The van der Waals surface area contributed by atoms with Crippen LogP contribution in [0.2, 0.25) is 0 Å². The lowest BCUT2D eigenvalue weighted by atomic mass is 9.58. The number of carbonyl (C=O) groups excluding carboxylic acids is 1. The van der Waals surface area contributed by atoms with Gasteiger partial charge in [-0.25, -0.2) is 4.98 Å². The third-order valence-corrected chi connectivity index (χ3v) is 14.7. The van der Waals surface area contributed by atoms with E-state index in [9.17, 15) is 25.5 Å². The predicted octanol–water partition coefficient (Wildman–Crippen LogP) is 10.5. The normalized spacial score (nSPS) is 21.3. The molecule has 4 heterocycles. The molecule has 2 aliphatic heterocycles. The maximum Gasteiger partial charge on any atom is 0.200 e. The summed E-state index contributed by atoms with van der Waals surface area (Å²) in [7, 11) is 0. The number of carbonyl (C=O) groups is 1. The first kappa shape index (κ1) is 45.0. The number of ether oxygens (including phenoxy) is 2. The molecular formula is C55H62N3O8-. The summed E-state index contributed by atoms with van der Waals surface area (Å²) in [6.45, 7) is 5.19. The summed E-state index contributed by atoms with van der Waals surface area (Å²) in [5.74, 6) is -0.0326. The monoisotopic (exact) mass is 892 g/mol. The van der Waals surface area contributed by atoms with Gasteiger partial charge in [0.15, 0.2) is 23.0 Å². The highest BCUT2D eigenvalue weighted by Crippen LogP contribution is 2.55. The molecule has 9 rings (SSSR count). The van der Waals surface area contributed by atoms with Crippen molar-refractivity contribution in [2.75, 3.05) is 18.5 Å². The van der Waals surface area contributed by atoms with E-state index < -0.39 is 23.4 Å². The number of aliphatic hydroxyl groups excluding tert-OH is 1. The number of aromatic hydroxyl groups is 4. The van der Waals surface area contributed by atoms with E-state index in [1.165, 1.54) is 0 Å². The van der Waals surface area contributed by atoms with E-state index in [2.05, 4.69) is 25.2 Å². The molecule has 5 unspecified atom stereocenters. The van der Waals surface area contributed by atoms with Gasteiger partial charge in [0, 0.05) is 29.3 Å². The van der Waals surface area contributed by atoms with Gasteiger partial charge < -0.3 is 45.3 Å². The van der Waals surface area contributed by atoms with Crippen molar-refractivity contribution in [2.24, 2.45) is 17.8 Å². The quantitative estimate of drug-likeness (QED) is 0.0509. The standard InChI is InChI=1S/C55H62N3O8/c1-33(2)7-5-25-65-50-30-37(29-49(63)53(50)64)35-11-16-44-42-17-15-41(59)27-36(42)12-18-45(44)58-51-32-39(21-24-57-51)55(22-3-8-38(55)31-40-9-4-23-56-40)52(48(62)28-35)46(60)19-13-34-14-20-47(61)54-43(34)10-6-26-66-54/h4,9,12,14-15,17-18,20-21,23-24,27,29-30,32-33,35,38,46,52,59-61,63-64H,3,5-8,10-11,13,16,19,22,25-26,28,31H2,1-2H3,(H,57,58)/q-1. The Morgan fingerprint density at radius 1 is 0.924 bits per heavy atom. The van der Waals surface area contributed by atoms with Crippen molar-refractivity contribution < 1.29 is 39.8 Å². The van der Waals surface area contributed by atoms with E-state index in [0.29, 0.717) is 74.8 Å². The molecule has 0 saturated heterocycles. The molecule has 1 saturated carbocycles. The lowest BCUT2D eigenvalue weighted by Crippen LogP contribution is -2.50. The van der Waals surface area contributed by atoms with Crippen molar-refractivity contribution in [1.82, 2.24) is 9.97 Å². The van der Waals surface area contributed by atoms with Crippen molar-refractivity contribution in [2.45, 2.75) is 115 Å². The minimum atomic E-state index is -1.06. The number of aryl methyl sites for hydroxylation is 2. The topological polar surface area (TPSA) is 176 Å². The average molecular weight is 893 g/mol. The largest absolute Gasteiger partial charge is 0.668 e. The number of fused-ring (bicyclic) bond motifs is 7. The van der Waals surface area contributed by atoms with Gasteiger partial charge in [0.1, 0.15) is 17.4 Å². The minimum Gasteiger partial charge on any atom is -0.668 e. The van der Waals surface area contributed by atoms with Crippen LogP contribution in [-0.4, -0.2) is 55.6 Å². The number of hydrogen-bond donors (Lipinski definition) is 6. The average Bonchev–Trinajstić information content (AvgIpc) is 3.99. The number of benzene rings is 4. The fraction of sp³-hybridized carbons (Fsp3) is 0.418. The number of pyridine rings is 1. The summed E-state index contributed by atoms with van der Waals surface area (Å²) in [4.78, 5) is 25.6. The Kier molecular flexibility index (Phi) is 13.2. The van der Waals surface area contributed by atoms with E-state index in [1.807, 2.05) is 42.5 Å². The predicted molar refractivity (Wildman–Crippen MR) is 255 cm³/mol. The molecule has 66 heavy (non-hydrogen) atoms. The van der Waals surface area contributed by atoms with Crippen molar-refractivity contribution >= 4 is 28.1 Å². The number of rotatable bonds is 12. The molecule has 346 valence electrons. The number of nitrogens with zero attached hydrogens (tertiary/aromatic N) is 2. The molecule has 1 fully saturated rings. The Bertz CT molecular complexity index is 2680. The molecule has 6 N–H and O–H groups in total. The summed E-state index contributed by atoms with van der Waals surface area (Å²) in [5.41, 5.74) is 5.50. The van der Waals surface area contributed by atoms with Crippen LogP contribution < -0.4 is 19.8 Å². The van der Waals surface area contributed by atoms with Crippen LogP contribution in [0.5, 0.6) is 34.5 Å². The Balaban J connectivity index is 1.19. The molecule has 11 heteroatoms. The van der Waals surface area contributed by atoms with Crippen molar-refractivity contribution in [3.63, 3.8) is 0 Å². The zero-order valence-electron chi connectivity index (χ0n) is 38.0. The van der Waals surface area contributed by atoms with Crippen LogP contribution in [-0.2, 0) is 35.9 Å². The van der Waals surface area contributed by atoms with Gasteiger partial charge in [0.25, 0.3) is 0 Å². The molecule has 2 bridgehead atoms. The Hall–Kier alpha value is -6.20. The summed E-state index contributed by atoms with van der Waals surface area (Å²) >= 11 is 0. The van der Waals surface area contributed by atoms with Crippen LogP contribution in [0.1, 0.15) is 111 Å². The highest BCUT2D eigenvalue weighted by Gasteiger charge is 2.54. The number of hydrogen-bond acceptors (Lipinski definition) is 10. The molecule has 4 aromatic carbocycles. The number of Topliss-reactive ketones (excluding diaryl/α,β-unsaturated/α-hetero) is 1. The van der Waals surface area contributed by atoms with Crippen molar-refractivity contribution in [3.05, 3.63) is 125 Å². The smallest absolute Gasteiger partial charge is 0.200 e. The van der Waals surface area contributed by atoms with Crippen molar-refractivity contribution in [1.29, 1.82) is 0 Å². The molecule has 2 aromatic heterocycles. The van der Waals surface area contributed by atoms with E-state index in [0.717, 1.165) is 82.9 Å². The van der Waals surface area contributed by atoms with E-state index in [-0.39, 0.29) is 46.9 Å². The molecule has 1 spiro atoms. The van der Waals surface area contributed by atoms with E-state index in [4.69, 9.17) is 19.4 Å². The number of aliphatic hydroxyl groups is 1. The van der Waals surface area contributed by atoms with Crippen LogP contribution >= 0.6 is 0 Å². The maximum absolute atomic E-state index is 16.0. The Morgan fingerprint density at radius 2 is 1.80 bits per heavy atom. The van der Waals surface area contributed by atoms with Gasteiger partial charge in [-0.1, -0.05) is 50.6 Å². The number of aromatic nitrogens is 2. The summed E-state index contributed by atoms with van der Waals surface area (Å²) in [6.07, 6.45) is 10.6. The first-order valence-electron chi connectivity index (χ1n) is 23.9. The number of nitrogens with one attached hydrogen (secondary N) is 1. The van der Waals surface area contributed by atoms with Gasteiger partial charge in [-0.15, -0.1) is 0 Å². The summed E-state index contributed by atoms with van der Waals surface area (Å²) < 4.78 is 12.1. The van der Waals surface area contributed by atoms with Crippen LogP contribution in [0, 0.1) is 17.8 Å². The molecule has 11 nitrogen and oxygen atoms in total. The van der Waals surface area contributed by atoms with Gasteiger partial charge in [-0.3, -0.25) is 4.79 Å². The third-order valence-electron chi connectivity index (χ3n) is 14.7. The van der Waals surface area contributed by atoms with Gasteiger partial charge in [-0.05, 0) is 170 Å². The molecule has 0 amide bonds. The second-order valence-corrected chi connectivity index (χ2v) is 19.3. The number of ketones is 1. The first-order valence-corrected chi connectivity index (χ1v) is 23.9. The van der Waals surface area contributed by atoms with Crippen LogP contribution in [0.25, 0.3) is 10.8 Å². The summed E-state index contributed by atoms with van der Waals surface area (Å²) in [5, 5.41) is 62.0. The third kappa shape index (κ3) is 9.14. The Labute approximate surface area is 386 Å². The second-order valence-electron chi connectivity index (χ2n) is 19.3. The molecule has 6 aromatic rings. The Morgan fingerprint density at radius 3 is 2.64 bits per heavy atom. The lowest BCUT2D eigenvalue weighted by molar-refractivity contribution is -0.132. The fourth-order valence-electron chi connectivity index (χ4n) is 11.5. The molecular weight excluding hydrogens is 831 g/mol. The van der Waals surface area contributed by atoms with E-state index in [1.54, 1.807) is 42.7 Å². The molecule has 5 atom stereocenters. The highest BCUT2D eigenvalue weighted by molar-refractivity contribution is 5.92. The first-order chi connectivity index (χ1) is 32.0. The van der Waals surface area contributed by atoms with E-state index >= 15 is 4.79 Å².